The normalized spacial score (nSPS) is 12.3. The summed E-state index contributed by atoms with van der Waals surface area (Å²) in [6, 6.07) is 3.16. The van der Waals surface area contributed by atoms with Gasteiger partial charge in [-0.25, -0.2) is 4.98 Å². The van der Waals surface area contributed by atoms with Crippen LogP contribution in [0.2, 0.25) is 0 Å². The van der Waals surface area contributed by atoms with E-state index in [4.69, 9.17) is 4.74 Å². The van der Waals surface area contributed by atoms with E-state index in [0.29, 0.717) is 31.6 Å². The molecule has 6 nitrogen and oxygen atoms in total. The first-order valence-corrected chi connectivity index (χ1v) is 8.47. The van der Waals surface area contributed by atoms with E-state index in [0.717, 1.165) is 18.6 Å². The largest absolute Gasteiger partial charge is 0.468 e. The third-order valence-corrected chi connectivity index (χ3v) is 3.08. The highest BCUT2D eigenvalue weighted by Crippen LogP contribution is 2.17. The molecule has 0 aliphatic heterocycles. The van der Waals surface area contributed by atoms with Crippen LogP contribution < -0.4 is 15.4 Å². The van der Waals surface area contributed by atoms with Crippen LogP contribution in [0.3, 0.4) is 0 Å². The molecule has 0 fully saturated rings. The number of pyridine rings is 1. The van der Waals surface area contributed by atoms with E-state index < -0.39 is 12.8 Å². The lowest BCUT2D eigenvalue weighted by Crippen LogP contribution is -2.37. The van der Waals surface area contributed by atoms with Crippen LogP contribution in [0.4, 0.5) is 13.2 Å². The molecular weight excluding hydrogens is 349 g/mol. The van der Waals surface area contributed by atoms with Crippen molar-refractivity contribution in [2.45, 2.75) is 33.0 Å². The zero-order valence-electron chi connectivity index (χ0n) is 15.4. The van der Waals surface area contributed by atoms with E-state index >= 15 is 0 Å². The van der Waals surface area contributed by atoms with Crippen molar-refractivity contribution in [2.24, 2.45) is 10.9 Å². The second kappa shape index (κ2) is 11.6. The van der Waals surface area contributed by atoms with Gasteiger partial charge in [-0.3, -0.25) is 4.99 Å². The van der Waals surface area contributed by atoms with Crippen molar-refractivity contribution in [1.29, 1.82) is 0 Å². The van der Waals surface area contributed by atoms with Gasteiger partial charge >= 0.3 is 6.18 Å². The fourth-order valence-electron chi connectivity index (χ4n) is 1.90. The Balaban J connectivity index is 2.32. The molecule has 0 aromatic carbocycles. The van der Waals surface area contributed by atoms with Crippen LogP contribution in [0.25, 0.3) is 0 Å². The number of nitrogens with zero attached hydrogens (tertiary/aromatic N) is 2. The minimum Gasteiger partial charge on any atom is -0.468 e. The van der Waals surface area contributed by atoms with Crippen LogP contribution in [0.15, 0.2) is 23.3 Å². The third-order valence-electron chi connectivity index (χ3n) is 3.08. The molecule has 148 valence electrons. The number of alkyl halides is 3. The second-order valence-electron chi connectivity index (χ2n) is 6.08. The summed E-state index contributed by atoms with van der Waals surface area (Å²) in [6.07, 6.45) is -2.14. The van der Waals surface area contributed by atoms with Crippen LogP contribution in [0.5, 0.6) is 5.88 Å². The highest BCUT2D eigenvalue weighted by atomic mass is 19.4. The van der Waals surface area contributed by atoms with E-state index in [1.165, 1.54) is 12.3 Å². The molecule has 0 unspecified atom stereocenters. The number of nitrogens with one attached hydrogen (secondary N) is 2. The summed E-state index contributed by atoms with van der Waals surface area (Å²) in [5.41, 5.74) is 0.736. The number of guanidine groups is 1. The lowest BCUT2D eigenvalue weighted by molar-refractivity contribution is -0.154. The lowest BCUT2D eigenvalue weighted by Gasteiger charge is -2.13. The Hall–Kier alpha value is -2.03. The number of aliphatic imine (C=N–C) groups is 1. The SMILES string of the molecule is CN=C(NCCCOCC(C)C)NCc1ccnc(OCC(F)(F)F)c1. The predicted octanol–water partition coefficient (Wildman–Crippen LogP) is 2.75. The van der Waals surface area contributed by atoms with Crippen molar-refractivity contribution < 1.29 is 22.6 Å². The molecule has 1 aromatic rings. The molecule has 0 atom stereocenters. The van der Waals surface area contributed by atoms with Gasteiger partial charge in [0.15, 0.2) is 12.6 Å². The Kier molecular flexibility index (Phi) is 9.79. The Bertz CT molecular complexity index is 551. The second-order valence-corrected chi connectivity index (χ2v) is 6.08. The zero-order valence-corrected chi connectivity index (χ0v) is 15.4. The first kappa shape index (κ1) is 22.0. The third kappa shape index (κ3) is 10.8. The standard InChI is InChI=1S/C17H27F3N4O2/c1-13(2)11-25-8-4-6-23-16(21-3)24-10-14-5-7-22-15(9-14)26-12-17(18,19)20/h5,7,9,13H,4,6,8,10-12H2,1-3H3,(H2,21,23,24). The zero-order chi connectivity index (χ0) is 19.4. The molecule has 1 aromatic heterocycles. The van der Waals surface area contributed by atoms with E-state index in [9.17, 15) is 13.2 Å². The molecule has 0 aliphatic carbocycles. The van der Waals surface area contributed by atoms with Gasteiger partial charge in [-0.15, -0.1) is 0 Å². The summed E-state index contributed by atoms with van der Waals surface area (Å²) in [5.74, 6) is 1.05. The van der Waals surface area contributed by atoms with Crippen molar-refractivity contribution in [3.05, 3.63) is 23.9 Å². The van der Waals surface area contributed by atoms with Gasteiger partial charge in [0.05, 0.1) is 0 Å². The molecule has 0 aliphatic rings. The number of aromatic nitrogens is 1. The fraction of sp³-hybridized carbons (Fsp3) is 0.647. The molecular formula is C17H27F3N4O2. The van der Waals surface area contributed by atoms with Crippen LogP contribution >= 0.6 is 0 Å². The van der Waals surface area contributed by atoms with Gasteiger partial charge in [-0.1, -0.05) is 13.8 Å². The van der Waals surface area contributed by atoms with Crippen LogP contribution in [-0.4, -0.2) is 50.5 Å². The van der Waals surface area contributed by atoms with E-state index in [2.05, 4.69) is 39.2 Å². The number of halogens is 3. The Morgan fingerprint density at radius 3 is 2.73 bits per heavy atom. The van der Waals surface area contributed by atoms with E-state index in [1.807, 2.05) is 0 Å². The van der Waals surface area contributed by atoms with Gasteiger partial charge in [0.25, 0.3) is 0 Å². The Morgan fingerprint density at radius 2 is 2.08 bits per heavy atom. The highest BCUT2D eigenvalue weighted by molar-refractivity contribution is 5.79. The number of hydrogen-bond donors (Lipinski definition) is 2. The highest BCUT2D eigenvalue weighted by Gasteiger charge is 2.28. The maximum atomic E-state index is 12.2. The minimum atomic E-state index is -4.39. The smallest absolute Gasteiger partial charge is 0.422 e. The predicted molar refractivity (Wildman–Crippen MR) is 94.3 cm³/mol. The monoisotopic (exact) mass is 376 g/mol. The Labute approximate surface area is 152 Å². The summed E-state index contributed by atoms with van der Waals surface area (Å²) >= 11 is 0. The van der Waals surface area contributed by atoms with Crippen LogP contribution in [-0.2, 0) is 11.3 Å². The number of rotatable bonds is 10. The first-order chi connectivity index (χ1) is 12.3. The van der Waals surface area contributed by atoms with Crippen molar-refractivity contribution >= 4 is 5.96 Å². The average molecular weight is 376 g/mol. The summed E-state index contributed by atoms with van der Waals surface area (Å²) in [5, 5.41) is 6.24. The first-order valence-electron chi connectivity index (χ1n) is 8.47. The molecule has 0 bridgehead atoms. The van der Waals surface area contributed by atoms with E-state index in [-0.39, 0.29) is 5.88 Å². The molecule has 0 spiro atoms. The molecule has 1 rings (SSSR count). The number of hydrogen-bond acceptors (Lipinski definition) is 4. The summed E-state index contributed by atoms with van der Waals surface area (Å²) < 4.78 is 46.7. The van der Waals surface area contributed by atoms with Gasteiger partial charge in [0.1, 0.15) is 0 Å². The lowest BCUT2D eigenvalue weighted by atomic mass is 10.2. The van der Waals surface area contributed by atoms with Crippen LogP contribution in [0, 0.1) is 5.92 Å². The quantitative estimate of drug-likeness (QED) is 0.373. The van der Waals surface area contributed by atoms with Crippen molar-refractivity contribution in [3.63, 3.8) is 0 Å². The summed E-state index contributed by atoms with van der Waals surface area (Å²) in [4.78, 5) is 7.87. The van der Waals surface area contributed by atoms with Crippen molar-refractivity contribution in [1.82, 2.24) is 15.6 Å². The summed E-state index contributed by atoms with van der Waals surface area (Å²) in [6.45, 7) is 5.34. The molecule has 0 amide bonds. The molecule has 0 saturated heterocycles. The van der Waals surface area contributed by atoms with Gasteiger partial charge in [0.2, 0.25) is 5.88 Å². The van der Waals surface area contributed by atoms with Gasteiger partial charge in [0, 0.05) is 45.6 Å². The molecule has 2 N–H and O–H groups in total. The van der Waals surface area contributed by atoms with Gasteiger partial charge < -0.3 is 20.1 Å². The molecule has 26 heavy (non-hydrogen) atoms. The molecule has 9 heteroatoms. The maximum absolute atomic E-state index is 12.2. The maximum Gasteiger partial charge on any atom is 0.422 e. The molecule has 1 heterocycles. The van der Waals surface area contributed by atoms with Crippen molar-refractivity contribution in [2.75, 3.05) is 33.4 Å². The average Bonchev–Trinajstić information content (AvgIpc) is 2.58. The Morgan fingerprint density at radius 1 is 1.31 bits per heavy atom. The van der Waals surface area contributed by atoms with Crippen molar-refractivity contribution in [3.8, 4) is 5.88 Å². The van der Waals surface area contributed by atoms with Gasteiger partial charge in [-0.05, 0) is 24.0 Å². The fourth-order valence-corrected chi connectivity index (χ4v) is 1.90. The minimum absolute atomic E-state index is 0.0631. The summed E-state index contributed by atoms with van der Waals surface area (Å²) in [7, 11) is 1.65. The topological polar surface area (TPSA) is 67.8 Å². The van der Waals surface area contributed by atoms with E-state index in [1.54, 1.807) is 13.1 Å². The molecule has 0 radical (unpaired) electrons. The molecule has 0 saturated carbocycles. The van der Waals surface area contributed by atoms with Crippen LogP contribution in [0.1, 0.15) is 25.8 Å². The number of ether oxygens (including phenoxy) is 2. The van der Waals surface area contributed by atoms with Gasteiger partial charge in [-0.2, -0.15) is 13.2 Å².